The van der Waals surface area contributed by atoms with Crippen LogP contribution in [0.15, 0.2) is 36.7 Å². The minimum absolute atomic E-state index is 0.112. The van der Waals surface area contributed by atoms with Gasteiger partial charge in [-0.3, -0.25) is 9.47 Å². The Hall–Kier alpha value is -2.69. The van der Waals surface area contributed by atoms with Crippen LogP contribution in [0.1, 0.15) is 36.0 Å². The van der Waals surface area contributed by atoms with Crippen molar-refractivity contribution >= 4 is 17.5 Å². The third-order valence-electron chi connectivity index (χ3n) is 8.08. The van der Waals surface area contributed by atoms with Crippen LogP contribution in [0.5, 0.6) is 0 Å². The smallest absolute Gasteiger partial charge is 0.267 e. The normalized spacial score (nSPS) is 21.8. The molecule has 1 aromatic carbocycles. The number of hydrogen-bond donors (Lipinski definition) is 0. The molecule has 0 atom stereocenters. The summed E-state index contributed by atoms with van der Waals surface area (Å²) >= 11 is 6.32. The number of aromatic nitrogens is 5. The molecule has 2 aromatic heterocycles. The minimum atomic E-state index is -2.83. The Labute approximate surface area is 212 Å². The van der Waals surface area contributed by atoms with E-state index in [2.05, 4.69) is 29.6 Å². The lowest BCUT2D eigenvalue weighted by atomic mass is 9.57. The fraction of sp³-hybridized carbons (Fsp3) is 0.520. The SMILES string of the molecule is FC(F)(CN1Cc2cc(Cl)ccc2-n2c(nnc2C2CC3(C2)CN(c2ncccn2)C3)C1)C1COC1. The number of alkyl halides is 2. The van der Waals surface area contributed by atoms with Gasteiger partial charge in [-0.2, -0.15) is 0 Å². The molecule has 3 aromatic rings. The molecule has 36 heavy (non-hydrogen) atoms. The average molecular weight is 514 g/mol. The Morgan fingerprint density at radius 2 is 1.86 bits per heavy atom. The standard InChI is InChI=1S/C25H26ClF2N7O/c26-19-2-3-20-16(6-19)9-33(15-25(27,28)18-11-36-12-18)10-21-31-32-22(35(20)21)17-7-24(8-17)13-34(14-24)23-29-4-1-5-30-23/h1-6,17-18H,7-15H2. The van der Waals surface area contributed by atoms with Crippen LogP contribution in [0.2, 0.25) is 5.02 Å². The van der Waals surface area contributed by atoms with E-state index < -0.39 is 11.8 Å². The van der Waals surface area contributed by atoms with E-state index in [1.54, 1.807) is 17.3 Å². The molecule has 188 valence electrons. The van der Waals surface area contributed by atoms with Gasteiger partial charge in [0.25, 0.3) is 5.92 Å². The van der Waals surface area contributed by atoms with Gasteiger partial charge in [-0.25, -0.2) is 18.7 Å². The molecule has 2 saturated heterocycles. The molecule has 3 aliphatic heterocycles. The highest BCUT2D eigenvalue weighted by Gasteiger charge is 2.55. The maximum Gasteiger partial charge on any atom is 0.267 e. The largest absolute Gasteiger partial charge is 0.380 e. The Morgan fingerprint density at radius 1 is 1.08 bits per heavy atom. The minimum Gasteiger partial charge on any atom is -0.380 e. The number of benzene rings is 1. The van der Waals surface area contributed by atoms with Gasteiger partial charge in [-0.1, -0.05) is 11.6 Å². The molecule has 0 unspecified atom stereocenters. The Balaban J connectivity index is 1.13. The molecule has 5 heterocycles. The van der Waals surface area contributed by atoms with Crippen LogP contribution >= 0.6 is 11.6 Å². The van der Waals surface area contributed by atoms with Gasteiger partial charge >= 0.3 is 0 Å². The van der Waals surface area contributed by atoms with Crippen molar-refractivity contribution < 1.29 is 13.5 Å². The van der Waals surface area contributed by atoms with Gasteiger partial charge in [0, 0.05) is 48.4 Å². The Bertz CT molecular complexity index is 1280. The molecular weight excluding hydrogens is 488 g/mol. The summed E-state index contributed by atoms with van der Waals surface area (Å²) in [5, 5.41) is 9.67. The van der Waals surface area contributed by atoms with Crippen molar-refractivity contribution in [2.75, 3.05) is 37.7 Å². The molecular formula is C25H26ClF2N7O. The lowest BCUT2D eigenvalue weighted by Crippen LogP contribution is -2.62. The van der Waals surface area contributed by atoms with Crippen LogP contribution in [0.3, 0.4) is 0 Å². The molecule has 0 radical (unpaired) electrons. The summed E-state index contributed by atoms with van der Waals surface area (Å²) in [5.41, 5.74) is 2.09. The highest BCUT2D eigenvalue weighted by Crippen LogP contribution is 2.56. The Morgan fingerprint density at radius 3 is 2.58 bits per heavy atom. The third-order valence-corrected chi connectivity index (χ3v) is 8.31. The summed E-state index contributed by atoms with van der Waals surface area (Å²) in [7, 11) is 0. The molecule has 0 N–H and O–H groups in total. The van der Waals surface area contributed by atoms with Gasteiger partial charge in [0.05, 0.1) is 37.9 Å². The fourth-order valence-corrected chi connectivity index (χ4v) is 6.35. The average Bonchev–Trinajstić information content (AvgIpc) is 3.07. The molecule has 0 bridgehead atoms. The van der Waals surface area contributed by atoms with E-state index in [1.165, 1.54) is 0 Å². The van der Waals surface area contributed by atoms with E-state index in [0.717, 1.165) is 49.0 Å². The van der Waals surface area contributed by atoms with Crippen molar-refractivity contribution in [1.29, 1.82) is 0 Å². The van der Waals surface area contributed by atoms with Crippen LogP contribution in [0, 0.1) is 11.3 Å². The van der Waals surface area contributed by atoms with E-state index in [-0.39, 0.29) is 31.1 Å². The summed E-state index contributed by atoms with van der Waals surface area (Å²) in [5.74, 6) is -0.904. The van der Waals surface area contributed by atoms with Crippen LogP contribution < -0.4 is 4.90 Å². The monoisotopic (exact) mass is 513 g/mol. The lowest BCUT2D eigenvalue weighted by molar-refractivity contribution is -0.179. The predicted octanol–water partition coefficient (Wildman–Crippen LogP) is 3.69. The first-order valence-electron chi connectivity index (χ1n) is 12.3. The second-order valence-electron chi connectivity index (χ2n) is 10.7. The first-order valence-corrected chi connectivity index (χ1v) is 12.7. The van der Waals surface area contributed by atoms with E-state index in [9.17, 15) is 8.78 Å². The summed E-state index contributed by atoms with van der Waals surface area (Å²) in [6, 6.07) is 7.50. The predicted molar refractivity (Wildman–Crippen MR) is 128 cm³/mol. The summed E-state index contributed by atoms with van der Waals surface area (Å²) < 4.78 is 36.9. The first kappa shape index (κ1) is 22.5. The number of fused-ring (bicyclic) bond motifs is 3. The molecule has 1 saturated carbocycles. The Kier molecular flexibility index (Phi) is 5.10. The number of anilines is 1. The molecule has 11 heteroatoms. The maximum atomic E-state index is 14.9. The fourth-order valence-electron chi connectivity index (χ4n) is 6.16. The number of nitrogens with zero attached hydrogens (tertiary/aromatic N) is 7. The zero-order chi connectivity index (χ0) is 24.5. The van der Waals surface area contributed by atoms with E-state index >= 15 is 0 Å². The van der Waals surface area contributed by atoms with Gasteiger partial charge in [-0.15, -0.1) is 10.2 Å². The number of hydrogen-bond acceptors (Lipinski definition) is 7. The molecule has 8 nitrogen and oxygen atoms in total. The van der Waals surface area contributed by atoms with Crippen molar-refractivity contribution in [2.45, 2.75) is 37.8 Å². The van der Waals surface area contributed by atoms with Crippen LogP contribution in [-0.4, -0.2) is 68.4 Å². The second kappa shape index (κ2) is 8.16. The van der Waals surface area contributed by atoms with Crippen molar-refractivity contribution in [2.24, 2.45) is 11.3 Å². The van der Waals surface area contributed by atoms with Gasteiger partial charge in [0.1, 0.15) is 5.82 Å². The third kappa shape index (κ3) is 3.69. The van der Waals surface area contributed by atoms with Crippen LogP contribution in [-0.2, 0) is 17.8 Å². The van der Waals surface area contributed by atoms with Gasteiger partial charge in [-0.05, 0) is 42.7 Å². The topological polar surface area (TPSA) is 72.2 Å². The second-order valence-corrected chi connectivity index (χ2v) is 11.2. The lowest BCUT2D eigenvalue weighted by Gasteiger charge is -2.58. The number of ether oxygens (including phenoxy) is 1. The van der Waals surface area contributed by atoms with Crippen LogP contribution in [0.25, 0.3) is 5.69 Å². The van der Waals surface area contributed by atoms with E-state index in [4.69, 9.17) is 16.3 Å². The molecule has 1 aliphatic carbocycles. The summed E-state index contributed by atoms with van der Waals surface area (Å²) in [4.78, 5) is 12.7. The molecule has 4 aliphatic rings. The quantitative estimate of drug-likeness (QED) is 0.515. The van der Waals surface area contributed by atoms with Gasteiger partial charge < -0.3 is 9.64 Å². The van der Waals surface area contributed by atoms with Crippen LogP contribution in [0.4, 0.5) is 14.7 Å². The first-order chi connectivity index (χ1) is 17.4. The summed E-state index contributed by atoms with van der Waals surface area (Å²) in [6.07, 6.45) is 5.57. The zero-order valence-electron chi connectivity index (χ0n) is 19.7. The molecule has 0 amide bonds. The van der Waals surface area contributed by atoms with Gasteiger partial charge in [0.15, 0.2) is 5.82 Å². The van der Waals surface area contributed by atoms with Crippen molar-refractivity contribution in [1.82, 2.24) is 29.6 Å². The van der Waals surface area contributed by atoms with Crippen molar-refractivity contribution in [3.63, 3.8) is 0 Å². The van der Waals surface area contributed by atoms with Crippen molar-refractivity contribution in [3.05, 3.63) is 58.9 Å². The number of halogens is 3. The van der Waals surface area contributed by atoms with E-state index in [1.807, 2.05) is 24.3 Å². The highest BCUT2D eigenvalue weighted by molar-refractivity contribution is 6.30. The molecule has 1 spiro atoms. The van der Waals surface area contributed by atoms with E-state index in [0.29, 0.717) is 23.9 Å². The highest BCUT2D eigenvalue weighted by atomic mass is 35.5. The van der Waals surface area contributed by atoms with Gasteiger partial charge in [0.2, 0.25) is 5.95 Å². The number of rotatable bonds is 5. The molecule has 7 rings (SSSR count). The van der Waals surface area contributed by atoms with Crippen molar-refractivity contribution in [3.8, 4) is 5.69 Å². The zero-order valence-corrected chi connectivity index (χ0v) is 20.4. The maximum absolute atomic E-state index is 14.9. The summed E-state index contributed by atoms with van der Waals surface area (Å²) in [6.45, 7) is 2.44. The molecule has 3 fully saturated rings.